The van der Waals surface area contributed by atoms with Gasteiger partial charge in [-0.2, -0.15) is 0 Å². The van der Waals surface area contributed by atoms with Crippen LogP contribution in [0.3, 0.4) is 0 Å². The molecule has 1 atom stereocenters. The van der Waals surface area contributed by atoms with E-state index in [4.69, 9.17) is 21.1 Å². The fourth-order valence-electron chi connectivity index (χ4n) is 1.83. The molecule has 4 nitrogen and oxygen atoms in total. The number of rotatable bonds is 5. The average Bonchev–Trinajstić information content (AvgIpc) is 2.51. The minimum Gasteiger partial charge on any atom is -0.497 e. The lowest BCUT2D eigenvalue weighted by Gasteiger charge is -2.15. The second-order valence-corrected chi connectivity index (χ2v) is 5.30. The van der Waals surface area contributed by atoms with E-state index in [0.717, 1.165) is 11.3 Å². The van der Waals surface area contributed by atoms with Crippen LogP contribution in [0.4, 0.5) is 5.69 Å². The van der Waals surface area contributed by atoms with Crippen LogP contribution in [0.2, 0.25) is 5.02 Å². The highest BCUT2D eigenvalue weighted by Crippen LogP contribution is 2.21. The summed E-state index contributed by atoms with van der Waals surface area (Å²) in [6, 6.07) is 12.4. The smallest absolute Gasteiger partial charge is 0.265 e. The van der Waals surface area contributed by atoms with E-state index >= 15 is 0 Å². The fraction of sp³-hybridized carbons (Fsp3) is 0.235. The summed E-state index contributed by atoms with van der Waals surface area (Å²) in [5.41, 5.74) is 1.60. The molecule has 0 aliphatic rings. The third-order valence-electron chi connectivity index (χ3n) is 3.18. The van der Waals surface area contributed by atoms with Crippen LogP contribution in [-0.4, -0.2) is 19.1 Å². The van der Waals surface area contributed by atoms with E-state index in [9.17, 15) is 4.79 Å². The topological polar surface area (TPSA) is 47.6 Å². The third kappa shape index (κ3) is 4.15. The van der Waals surface area contributed by atoms with Crippen molar-refractivity contribution in [3.63, 3.8) is 0 Å². The first-order valence-corrected chi connectivity index (χ1v) is 7.25. The predicted octanol–water partition coefficient (Wildman–Crippen LogP) is 4.06. The van der Waals surface area contributed by atoms with Crippen molar-refractivity contribution in [3.05, 3.63) is 53.1 Å². The van der Waals surface area contributed by atoms with Gasteiger partial charge < -0.3 is 14.8 Å². The summed E-state index contributed by atoms with van der Waals surface area (Å²) in [7, 11) is 1.60. The quantitative estimate of drug-likeness (QED) is 0.904. The molecule has 2 rings (SSSR count). The van der Waals surface area contributed by atoms with Gasteiger partial charge in [0, 0.05) is 10.7 Å². The second-order valence-electron chi connectivity index (χ2n) is 4.89. The molecule has 0 aliphatic carbocycles. The zero-order valence-corrected chi connectivity index (χ0v) is 13.5. The van der Waals surface area contributed by atoms with E-state index < -0.39 is 6.10 Å². The van der Waals surface area contributed by atoms with Crippen molar-refractivity contribution in [2.24, 2.45) is 0 Å². The number of aryl methyl sites for hydroxylation is 1. The monoisotopic (exact) mass is 319 g/mol. The molecule has 0 radical (unpaired) electrons. The van der Waals surface area contributed by atoms with Gasteiger partial charge in [0.05, 0.1) is 7.11 Å². The normalized spacial score (nSPS) is 11.6. The summed E-state index contributed by atoms with van der Waals surface area (Å²) in [6.45, 7) is 3.60. The number of hydrogen-bond donors (Lipinski definition) is 1. The number of amides is 1. The number of anilines is 1. The highest BCUT2D eigenvalue weighted by atomic mass is 35.5. The first kappa shape index (κ1) is 16.2. The molecule has 5 heteroatoms. The van der Waals surface area contributed by atoms with Crippen LogP contribution < -0.4 is 14.8 Å². The van der Waals surface area contributed by atoms with E-state index in [1.54, 1.807) is 50.4 Å². The van der Waals surface area contributed by atoms with Crippen molar-refractivity contribution in [2.75, 3.05) is 12.4 Å². The number of hydrogen-bond acceptors (Lipinski definition) is 3. The summed E-state index contributed by atoms with van der Waals surface area (Å²) < 4.78 is 10.7. The van der Waals surface area contributed by atoms with Gasteiger partial charge in [0.1, 0.15) is 11.5 Å². The summed E-state index contributed by atoms with van der Waals surface area (Å²) in [5, 5.41) is 3.39. The maximum absolute atomic E-state index is 12.1. The Kier molecular flexibility index (Phi) is 5.28. The molecule has 22 heavy (non-hydrogen) atoms. The largest absolute Gasteiger partial charge is 0.497 e. The highest BCUT2D eigenvalue weighted by molar-refractivity contribution is 6.31. The van der Waals surface area contributed by atoms with Crippen LogP contribution in [0.25, 0.3) is 0 Å². The Balaban J connectivity index is 1.97. The molecule has 0 unspecified atom stereocenters. The lowest BCUT2D eigenvalue weighted by Crippen LogP contribution is -2.30. The summed E-state index contributed by atoms with van der Waals surface area (Å²) in [5.74, 6) is 1.10. The Bertz CT molecular complexity index is 655. The predicted molar refractivity (Wildman–Crippen MR) is 87.9 cm³/mol. The van der Waals surface area contributed by atoms with Crippen LogP contribution in [-0.2, 0) is 4.79 Å². The number of benzene rings is 2. The van der Waals surface area contributed by atoms with Crippen LogP contribution in [0, 0.1) is 6.92 Å². The van der Waals surface area contributed by atoms with Crippen molar-refractivity contribution < 1.29 is 14.3 Å². The van der Waals surface area contributed by atoms with Gasteiger partial charge in [-0.15, -0.1) is 0 Å². The highest BCUT2D eigenvalue weighted by Gasteiger charge is 2.15. The SMILES string of the molecule is COc1ccc(O[C@@H](C)C(=O)Nc2ccc(C)c(Cl)c2)cc1. The van der Waals surface area contributed by atoms with Gasteiger partial charge in [0.25, 0.3) is 5.91 Å². The van der Waals surface area contributed by atoms with E-state index in [1.807, 2.05) is 13.0 Å². The number of methoxy groups -OCH3 is 1. The van der Waals surface area contributed by atoms with Crippen molar-refractivity contribution >= 4 is 23.2 Å². The Morgan fingerprint density at radius 2 is 1.77 bits per heavy atom. The molecule has 0 heterocycles. The zero-order chi connectivity index (χ0) is 16.1. The number of carbonyl (C=O) groups excluding carboxylic acids is 1. The molecule has 2 aromatic carbocycles. The molecule has 116 valence electrons. The van der Waals surface area contributed by atoms with Crippen LogP contribution in [0.1, 0.15) is 12.5 Å². The van der Waals surface area contributed by atoms with E-state index in [1.165, 1.54) is 0 Å². The molecule has 0 saturated carbocycles. The van der Waals surface area contributed by atoms with Crippen molar-refractivity contribution in [2.45, 2.75) is 20.0 Å². The zero-order valence-electron chi connectivity index (χ0n) is 12.7. The Morgan fingerprint density at radius 3 is 2.36 bits per heavy atom. The van der Waals surface area contributed by atoms with Crippen molar-refractivity contribution in [1.29, 1.82) is 0 Å². The van der Waals surface area contributed by atoms with Gasteiger partial charge in [-0.05, 0) is 55.8 Å². The molecule has 0 spiro atoms. The van der Waals surface area contributed by atoms with Gasteiger partial charge >= 0.3 is 0 Å². The minimum absolute atomic E-state index is 0.240. The van der Waals surface area contributed by atoms with Crippen LogP contribution >= 0.6 is 11.6 Å². The summed E-state index contributed by atoms with van der Waals surface area (Å²) >= 11 is 6.04. The molecular weight excluding hydrogens is 302 g/mol. The Hall–Kier alpha value is -2.20. The summed E-state index contributed by atoms with van der Waals surface area (Å²) in [6.07, 6.45) is -0.631. The summed E-state index contributed by atoms with van der Waals surface area (Å²) in [4.78, 5) is 12.1. The Morgan fingerprint density at radius 1 is 1.14 bits per heavy atom. The van der Waals surface area contributed by atoms with Gasteiger partial charge in [0.2, 0.25) is 0 Å². The minimum atomic E-state index is -0.631. The molecule has 0 saturated heterocycles. The Labute approximate surface area is 135 Å². The number of carbonyl (C=O) groups is 1. The molecular formula is C17H18ClNO3. The van der Waals surface area contributed by atoms with Gasteiger partial charge in [-0.25, -0.2) is 0 Å². The lowest BCUT2D eigenvalue weighted by molar-refractivity contribution is -0.122. The first-order chi connectivity index (χ1) is 10.5. The number of halogens is 1. The molecule has 0 aromatic heterocycles. The average molecular weight is 320 g/mol. The third-order valence-corrected chi connectivity index (χ3v) is 3.59. The fourth-order valence-corrected chi connectivity index (χ4v) is 2.01. The number of nitrogens with one attached hydrogen (secondary N) is 1. The maximum atomic E-state index is 12.1. The molecule has 0 aliphatic heterocycles. The van der Waals surface area contributed by atoms with E-state index in [-0.39, 0.29) is 5.91 Å². The molecule has 0 bridgehead atoms. The molecule has 0 fully saturated rings. The van der Waals surface area contributed by atoms with E-state index in [0.29, 0.717) is 16.5 Å². The van der Waals surface area contributed by atoms with Crippen LogP contribution in [0.5, 0.6) is 11.5 Å². The standard InChI is InChI=1S/C17H18ClNO3/c1-11-4-5-13(10-16(11)18)19-17(20)12(2)22-15-8-6-14(21-3)7-9-15/h4-10,12H,1-3H3,(H,19,20)/t12-/m0/s1. The molecule has 2 aromatic rings. The van der Waals surface area contributed by atoms with Crippen molar-refractivity contribution in [1.82, 2.24) is 0 Å². The number of ether oxygens (including phenoxy) is 2. The lowest BCUT2D eigenvalue weighted by atomic mass is 10.2. The van der Waals surface area contributed by atoms with Crippen LogP contribution in [0.15, 0.2) is 42.5 Å². The van der Waals surface area contributed by atoms with E-state index in [2.05, 4.69) is 5.32 Å². The molecule has 1 amide bonds. The van der Waals surface area contributed by atoms with Gasteiger partial charge in [-0.1, -0.05) is 17.7 Å². The maximum Gasteiger partial charge on any atom is 0.265 e. The van der Waals surface area contributed by atoms with Gasteiger partial charge in [-0.3, -0.25) is 4.79 Å². The van der Waals surface area contributed by atoms with Crippen molar-refractivity contribution in [3.8, 4) is 11.5 Å². The molecule has 1 N–H and O–H groups in total. The van der Waals surface area contributed by atoms with Gasteiger partial charge in [0.15, 0.2) is 6.10 Å². The first-order valence-electron chi connectivity index (χ1n) is 6.87. The second kappa shape index (κ2) is 7.18.